The third-order valence-electron chi connectivity index (χ3n) is 2.39. The fourth-order valence-corrected chi connectivity index (χ4v) is 1.57. The van der Waals surface area contributed by atoms with Gasteiger partial charge in [-0.3, -0.25) is 0 Å². The molecule has 1 N–H and O–H groups in total. The third-order valence-corrected chi connectivity index (χ3v) is 2.39. The predicted octanol–water partition coefficient (Wildman–Crippen LogP) is 3.46. The molecule has 0 aromatic heterocycles. The second kappa shape index (κ2) is 5.00. The molecule has 0 amide bonds. The fourth-order valence-electron chi connectivity index (χ4n) is 1.57. The Labute approximate surface area is 100 Å². The molecule has 0 bridgehead atoms. The van der Waals surface area contributed by atoms with Gasteiger partial charge in [-0.2, -0.15) is 5.26 Å². The van der Waals surface area contributed by atoms with E-state index >= 15 is 0 Å². The molecule has 82 valence electrons. The largest absolute Gasteiger partial charge is 0.508 e. The van der Waals surface area contributed by atoms with E-state index in [1.165, 1.54) is 0 Å². The van der Waals surface area contributed by atoms with Crippen molar-refractivity contribution in [1.82, 2.24) is 0 Å². The summed E-state index contributed by atoms with van der Waals surface area (Å²) in [6, 6.07) is 18.5. The van der Waals surface area contributed by atoms with Crippen LogP contribution in [0.25, 0.3) is 11.6 Å². The van der Waals surface area contributed by atoms with Gasteiger partial charge in [-0.15, -0.1) is 0 Å². The Morgan fingerprint density at radius 1 is 1.06 bits per heavy atom. The highest BCUT2D eigenvalue weighted by atomic mass is 16.3. The summed E-state index contributed by atoms with van der Waals surface area (Å²) < 4.78 is 0. The highest BCUT2D eigenvalue weighted by molar-refractivity contribution is 5.89. The van der Waals surface area contributed by atoms with Crippen LogP contribution in [-0.2, 0) is 0 Å². The summed E-state index contributed by atoms with van der Waals surface area (Å²) in [4.78, 5) is 0. The normalized spacial score (nSPS) is 10.9. The van der Waals surface area contributed by atoms with Crippen LogP contribution >= 0.6 is 0 Å². The second-order valence-corrected chi connectivity index (χ2v) is 3.63. The van der Waals surface area contributed by atoms with Crippen molar-refractivity contribution in [2.24, 2.45) is 0 Å². The van der Waals surface area contributed by atoms with E-state index in [1.807, 2.05) is 30.3 Å². The molecule has 2 nitrogen and oxygen atoms in total. The van der Waals surface area contributed by atoms with E-state index in [9.17, 15) is 5.11 Å². The summed E-state index contributed by atoms with van der Waals surface area (Å²) in [5, 5.41) is 18.5. The minimum absolute atomic E-state index is 0.164. The van der Waals surface area contributed by atoms with Crippen LogP contribution in [0.4, 0.5) is 0 Å². The van der Waals surface area contributed by atoms with Crippen molar-refractivity contribution in [3.05, 3.63) is 65.7 Å². The molecular weight excluding hydrogens is 210 g/mol. The first kappa shape index (κ1) is 11.0. The zero-order chi connectivity index (χ0) is 12.1. The van der Waals surface area contributed by atoms with Crippen molar-refractivity contribution in [2.75, 3.05) is 0 Å². The molecule has 0 aliphatic rings. The first-order valence-electron chi connectivity index (χ1n) is 5.26. The third kappa shape index (κ3) is 2.73. The van der Waals surface area contributed by atoms with Crippen molar-refractivity contribution in [2.45, 2.75) is 0 Å². The van der Waals surface area contributed by atoms with Crippen LogP contribution in [0.3, 0.4) is 0 Å². The quantitative estimate of drug-likeness (QED) is 0.623. The van der Waals surface area contributed by atoms with Gasteiger partial charge in [-0.1, -0.05) is 42.5 Å². The molecule has 0 unspecified atom stereocenters. The maximum Gasteiger partial charge on any atom is 0.116 e. The van der Waals surface area contributed by atoms with Crippen LogP contribution in [-0.4, -0.2) is 5.11 Å². The SMILES string of the molecule is N#CC(=Cc1ccccc1)c1cccc(O)c1. The van der Waals surface area contributed by atoms with Gasteiger partial charge < -0.3 is 5.11 Å². The number of allylic oxidation sites excluding steroid dienone is 1. The number of aromatic hydroxyl groups is 1. The van der Waals surface area contributed by atoms with E-state index in [1.54, 1.807) is 30.3 Å². The first-order chi connectivity index (χ1) is 8.29. The van der Waals surface area contributed by atoms with Gasteiger partial charge in [0.25, 0.3) is 0 Å². The molecule has 17 heavy (non-hydrogen) atoms. The van der Waals surface area contributed by atoms with E-state index in [0.29, 0.717) is 5.57 Å². The zero-order valence-electron chi connectivity index (χ0n) is 9.17. The lowest BCUT2D eigenvalue weighted by atomic mass is 10.0. The smallest absolute Gasteiger partial charge is 0.116 e. The van der Waals surface area contributed by atoms with E-state index < -0.39 is 0 Å². The van der Waals surface area contributed by atoms with E-state index in [2.05, 4.69) is 6.07 Å². The lowest BCUT2D eigenvalue weighted by Gasteiger charge is -2.00. The molecule has 2 heteroatoms. The molecule has 0 saturated heterocycles. The monoisotopic (exact) mass is 221 g/mol. The minimum atomic E-state index is 0.164. The van der Waals surface area contributed by atoms with Gasteiger partial charge in [0.15, 0.2) is 0 Å². The molecule has 0 aliphatic carbocycles. The molecule has 0 saturated carbocycles. The molecule has 2 aromatic carbocycles. The number of phenolic OH excluding ortho intramolecular Hbond substituents is 1. The Morgan fingerprint density at radius 2 is 1.82 bits per heavy atom. The number of hydrogen-bond acceptors (Lipinski definition) is 2. The van der Waals surface area contributed by atoms with Crippen LogP contribution in [0, 0.1) is 11.3 Å². The Bertz CT molecular complexity index is 579. The van der Waals surface area contributed by atoms with Crippen molar-refractivity contribution in [3.8, 4) is 11.8 Å². The Hall–Kier alpha value is -2.53. The number of nitrogens with zero attached hydrogens (tertiary/aromatic N) is 1. The Morgan fingerprint density at radius 3 is 2.47 bits per heavy atom. The van der Waals surface area contributed by atoms with Gasteiger partial charge in [-0.25, -0.2) is 0 Å². The molecule has 0 heterocycles. The summed E-state index contributed by atoms with van der Waals surface area (Å²) in [5.41, 5.74) is 2.22. The molecule has 2 rings (SSSR count). The van der Waals surface area contributed by atoms with Crippen LogP contribution in [0.5, 0.6) is 5.75 Å². The highest BCUT2D eigenvalue weighted by Crippen LogP contribution is 2.21. The zero-order valence-corrected chi connectivity index (χ0v) is 9.17. The maximum absolute atomic E-state index is 9.39. The molecule has 0 radical (unpaired) electrons. The van der Waals surface area contributed by atoms with Crippen LogP contribution in [0.1, 0.15) is 11.1 Å². The second-order valence-electron chi connectivity index (χ2n) is 3.63. The lowest BCUT2D eigenvalue weighted by Crippen LogP contribution is -1.81. The average molecular weight is 221 g/mol. The summed E-state index contributed by atoms with van der Waals surface area (Å²) in [6.45, 7) is 0. The number of rotatable bonds is 2. The molecule has 0 aliphatic heterocycles. The molecule has 0 atom stereocenters. The fraction of sp³-hybridized carbons (Fsp3) is 0. The average Bonchev–Trinajstić information content (AvgIpc) is 2.37. The van der Waals surface area contributed by atoms with Crippen LogP contribution < -0.4 is 0 Å². The van der Waals surface area contributed by atoms with Crippen molar-refractivity contribution < 1.29 is 5.11 Å². The molecular formula is C15H11NO. The predicted molar refractivity (Wildman–Crippen MR) is 68.0 cm³/mol. The van der Waals surface area contributed by atoms with Crippen LogP contribution in [0.2, 0.25) is 0 Å². The van der Waals surface area contributed by atoms with E-state index in [-0.39, 0.29) is 5.75 Å². The highest BCUT2D eigenvalue weighted by Gasteiger charge is 2.01. The molecule has 0 spiro atoms. The summed E-state index contributed by atoms with van der Waals surface area (Å²) >= 11 is 0. The molecule has 2 aromatic rings. The van der Waals surface area contributed by atoms with Gasteiger partial charge in [0.1, 0.15) is 5.75 Å². The Kier molecular flexibility index (Phi) is 3.23. The lowest BCUT2D eigenvalue weighted by molar-refractivity contribution is 0.475. The molecule has 0 fully saturated rings. The summed E-state index contributed by atoms with van der Waals surface area (Å²) in [6.07, 6.45) is 1.80. The number of benzene rings is 2. The topological polar surface area (TPSA) is 44.0 Å². The van der Waals surface area contributed by atoms with E-state index in [4.69, 9.17) is 5.26 Å². The number of nitriles is 1. The Balaban J connectivity index is 2.42. The van der Waals surface area contributed by atoms with Crippen molar-refractivity contribution in [3.63, 3.8) is 0 Å². The van der Waals surface area contributed by atoms with E-state index in [0.717, 1.165) is 11.1 Å². The van der Waals surface area contributed by atoms with Gasteiger partial charge in [0.05, 0.1) is 11.6 Å². The maximum atomic E-state index is 9.39. The first-order valence-corrected chi connectivity index (χ1v) is 5.26. The van der Waals surface area contributed by atoms with Gasteiger partial charge in [0, 0.05) is 0 Å². The van der Waals surface area contributed by atoms with Gasteiger partial charge >= 0.3 is 0 Å². The summed E-state index contributed by atoms with van der Waals surface area (Å²) in [5.74, 6) is 0.164. The van der Waals surface area contributed by atoms with Crippen molar-refractivity contribution >= 4 is 11.6 Å². The van der Waals surface area contributed by atoms with Gasteiger partial charge in [0.2, 0.25) is 0 Å². The van der Waals surface area contributed by atoms with Crippen LogP contribution in [0.15, 0.2) is 54.6 Å². The van der Waals surface area contributed by atoms with Crippen molar-refractivity contribution in [1.29, 1.82) is 5.26 Å². The van der Waals surface area contributed by atoms with Gasteiger partial charge in [-0.05, 0) is 29.3 Å². The number of phenols is 1. The standard InChI is InChI=1S/C15H11NO/c16-11-14(9-12-5-2-1-3-6-12)13-7-4-8-15(17)10-13/h1-10,17H. The summed E-state index contributed by atoms with van der Waals surface area (Å²) in [7, 11) is 0. The minimum Gasteiger partial charge on any atom is -0.508 e. The number of hydrogen-bond donors (Lipinski definition) is 1.